The van der Waals surface area contributed by atoms with E-state index in [4.69, 9.17) is 0 Å². The summed E-state index contributed by atoms with van der Waals surface area (Å²) in [5.74, 6) is -0.490. The molecule has 1 amide bonds. The van der Waals surface area contributed by atoms with Gasteiger partial charge in [0.15, 0.2) is 0 Å². The summed E-state index contributed by atoms with van der Waals surface area (Å²) in [5.41, 5.74) is -0.198. The number of halogens is 3. The number of piperidine rings is 1. The zero-order valence-electron chi connectivity index (χ0n) is 15.6. The van der Waals surface area contributed by atoms with E-state index in [9.17, 15) is 26.4 Å². The van der Waals surface area contributed by atoms with Crippen LogP contribution in [-0.4, -0.2) is 31.7 Å². The van der Waals surface area contributed by atoms with Crippen molar-refractivity contribution in [1.29, 1.82) is 0 Å². The highest BCUT2D eigenvalue weighted by molar-refractivity contribution is 7.89. The number of rotatable bonds is 5. The number of alkyl halides is 3. The maximum atomic E-state index is 12.8. The molecule has 5 nitrogen and oxygen atoms in total. The fourth-order valence-electron chi connectivity index (χ4n) is 3.21. The Bertz CT molecular complexity index is 967. The molecule has 0 aliphatic carbocycles. The van der Waals surface area contributed by atoms with Crippen LogP contribution in [0.3, 0.4) is 0 Å². The Kier molecular flexibility index (Phi) is 6.28. The van der Waals surface area contributed by atoms with Crippen molar-refractivity contribution in [3.8, 4) is 0 Å². The van der Waals surface area contributed by atoms with Crippen LogP contribution in [0.4, 0.5) is 18.9 Å². The largest absolute Gasteiger partial charge is 0.416 e. The molecule has 1 aliphatic rings. The predicted octanol–water partition coefficient (Wildman–Crippen LogP) is 4.06. The first-order valence-corrected chi connectivity index (χ1v) is 10.7. The maximum absolute atomic E-state index is 12.8. The number of nitrogens with one attached hydrogen (secondary N) is 1. The number of sulfonamides is 1. The minimum atomic E-state index is -4.47. The molecule has 0 radical (unpaired) electrons. The molecule has 2 aromatic carbocycles. The second-order valence-electron chi connectivity index (χ2n) is 6.91. The number of carbonyl (C=O) groups is 1. The summed E-state index contributed by atoms with van der Waals surface area (Å²) < 4.78 is 65.0. The van der Waals surface area contributed by atoms with Gasteiger partial charge in [0.2, 0.25) is 15.9 Å². The molecule has 0 unspecified atom stereocenters. The molecular weight excluding hydrogens is 405 g/mol. The van der Waals surface area contributed by atoms with Crippen molar-refractivity contribution >= 4 is 21.6 Å². The molecule has 156 valence electrons. The van der Waals surface area contributed by atoms with Gasteiger partial charge in [-0.3, -0.25) is 4.79 Å². The van der Waals surface area contributed by atoms with E-state index in [0.717, 1.165) is 31.4 Å². The van der Waals surface area contributed by atoms with Gasteiger partial charge in [-0.2, -0.15) is 17.5 Å². The highest BCUT2D eigenvalue weighted by Gasteiger charge is 2.30. The third-order valence-electron chi connectivity index (χ3n) is 4.71. The summed E-state index contributed by atoms with van der Waals surface area (Å²) in [6.07, 6.45) is -2.01. The van der Waals surface area contributed by atoms with Gasteiger partial charge < -0.3 is 5.32 Å². The maximum Gasteiger partial charge on any atom is 0.416 e. The molecule has 1 aliphatic heterocycles. The first-order chi connectivity index (χ1) is 13.7. The third kappa shape index (κ3) is 5.36. The Hall–Kier alpha value is -2.39. The molecule has 0 saturated carbocycles. The number of benzene rings is 2. The van der Waals surface area contributed by atoms with Gasteiger partial charge >= 0.3 is 6.18 Å². The van der Waals surface area contributed by atoms with Gasteiger partial charge in [0.05, 0.1) is 16.9 Å². The lowest BCUT2D eigenvalue weighted by Crippen LogP contribution is -2.35. The van der Waals surface area contributed by atoms with Crippen LogP contribution in [0.1, 0.15) is 30.4 Å². The van der Waals surface area contributed by atoms with E-state index >= 15 is 0 Å². The second-order valence-corrected chi connectivity index (χ2v) is 8.85. The van der Waals surface area contributed by atoms with E-state index < -0.39 is 27.7 Å². The fraction of sp³-hybridized carbons (Fsp3) is 0.350. The normalized spacial score (nSPS) is 15.8. The van der Waals surface area contributed by atoms with Crippen LogP contribution in [0.5, 0.6) is 0 Å². The first kappa shape index (κ1) is 21.3. The summed E-state index contributed by atoms with van der Waals surface area (Å²) in [5, 5.41) is 2.58. The summed E-state index contributed by atoms with van der Waals surface area (Å²) in [7, 11) is -3.56. The van der Waals surface area contributed by atoms with Crippen molar-refractivity contribution in [2.24, 2.45) is 0 Å². The Morgan fingerprint density at radius 3 is 2.28 bits per heavy atom. The average Bonchev–Trinajstić information content (AvgIpc) is 2.68. The topological polar surface area (TPSA) is 66.5 Å². The quantitative estimate of drug-likeness (QED) is 0.784. The van der Waals surface area contributed by atoms with Gasteiger partial charge in [0, 0.05) is 18.8 Å². The molecule has 0 spiro atoms. The number of nitrogens with zero attached hydrogens (tertiary/aromatic N) is 1. The third-order valence-corrected chi connectivity index (χ3v) is 6.62. The SMILES string of the molecule is O=C(Cc1cccc(C(F)(F)F)c1)Nc1ccc(S(=O)(=O)N2CCCCC2)cc1. The van der Waals surface area contributed by atoms with Gasteiger partial charge in [0.1, 0.15) is 0 Å². The lowest BCUT2D eigenvalue weighted by atomic mass is 10.1. The lowest BCUT2D eigenvalue weighted by molar-refractivity contribution is -0.137. The highest BCUT2D eigenvalue weighted by atomic mass is 32.2. The van der Waals surface area contributed by atoms with Crippen LogP contribution >= 0.6 is 0 Å². The van der Waals surface area contributed by atoms with Gasteiger partial charge in [-0.25, -0.2) is 8.42 Å². The molecular formula is C20H21F3N2O3S. The average molecular weight is 426 g/mol. The Morgan fingerprint density at radius 1 is 1.00 bits per heavy atom. The molecule has 0 bridgehead atoms. The first-order valence-electron chi connectivity index (χ1n) is 9.22. The van der Waals surface area contributed by atoms with Crippen LogP contribution in [0.25, 0.3) is 0 Å². The number of carbonyl (C=O) groups excluding carboxylic acids is 1. The van der Waals surface area contributed by atoms with Crippen LogP contribution in [-0.2, 0) is 27.4 Å². The zero-order chi connectivity index (χ0) is 21.1. The summed E-state index contributed by atoms with van der Waals surface area (Å²) in [6.45, 7) is 0.996. The highest BCUT2D eigenvalue weighted by Crippen LogP contribution is 2.29. The van der Waals surface area contributed by atoms with Crippen LogP contribution < -0.4 is 5.32 Å². The molecule has 1 N–H and O–H groups in total. The summed E-state index contributed by atoms with van der Waals surface area (Å²) in [4.78, 5) is 12.3. The number of anilines is 1. The van der Waals surface area contributed by atoms with Gasteiger partial charge in [-0.15, -0.1) is 0 Å². The van der Waals surface area contributed by atoms with E-state index in [0.29, 0.717) is 18.8 Å². The van der Waals surface area contributed by atoms with Crippen LogP contribution in [0.2, 0.25) is 0 Å². The van der Waals surface area contributed by atoms with Gasteiger partial charge in [-0.1, -0.05) is 24.6 Å². The predicted molar refractivity (Wildman–Crippen MR) is 103 cm³/mol. The molecule has 1 fully saturated rings. The van der Waals surface area contributed by atoms with E-state index in [2.05, 4.69) is 5.32 Å². The van der Waals surface area contributed by atoms with Crippen molar-refractivity contribution in [3.63, 3.8) is 0 Å². The van der Waals surface area contributed by atoms with E-state index in [1.165, 1.54) is 40.7 Å². The number of hydrogen-bond donors (Lipinski definition) is 1. The van der Waals surface area contributed by atoms with Crippen molar-refractivity contribution in [2.75, 3.05) is 18.4 Å². The molecule has 1 heterocycles. The molecule has 1 saturated heterocycles. The van der Waals surface area contributed by atoms with Crippen molar-refractivity contribution < 1.29 is 26.4 Å². The Morgan fingerprint density at radius 2 is 1.66 bits per heavy atom. The van der Waals surface area contributed by atoms with E-state index in [1.807, 2.05) is 0 Å². The minimum absolute atomic E-state index is 0.148. The second kappa shape index (κ2) is 8.54. The lowest BCUT2D eigenvalue weighted by Gasteiger charge is -2.25. The zero-order valence-corrected chi connectivity index (χ0v) is 16.4. The Balaban J connectivity index is 1.64. The van der Waals surface area contributed by atoms with Crippen LogP contribution in [0.15, 0.2) is 53.4 Å². The van der Waals surface area contributed by atoms with Crippen molar-refractivity contribution in [3.05, 3.63) is 59.7 Å². The summed E-state index contributed by atoms with van der Waals surface area (Å²) >= 11 is 0. The fourth-order valence-corrected chi connectivity index (χ4v) is 4.73. The van der Waals surface area contributed by atoms with Crippen molar-refractivity contribution in [1.82, 2.24) is 4.31 Å². The number of hydrogen-bond acceptors (Lipinski definition) is 3. The Labute approximate surface area is 167 Å². The molecule has 0 atom stereocenters. The molecule has 3 rings (SSSR count). The molecule has 9 heteroatoms. The van der Waals surface area contributed by atoms with E-state index in [1.54, 1.807) is 0 Å². The minimum Gasteiger partial charge on any atom is -0.326 e. The summed E-state index contributed by atoms with van der Waals surface area (Å²) in [6, 6.07) is 10.4. The monoisotopic (exact) mass is 426 g/mol. The standard InChI is InChI=1S/C20H21F3N2O3S/c21-20(22,23)16-6-4-5-15(13-16)14-19(26)24-17-7-9-18(10-8-17)29(27,28)25-11-2-1-3-12-25/h4-10,13H,1-3,11-12,14H2,(H,24,26). The van der Waals surface area contributed by atoms with Gasteiger partial charge in [0.25, 0.3) is 0 Å². The number of amides is 1. The van der Waals surface area contributed by atoms with Gasteiger partial charge in [-0.05, 0) is 48.7 Å². The molecule has 0 aromatic heterocycles. The smallest absolute Gasteiger partial charge is 0.326 e. The van der Waals surface area contributed by atoms with E-state index in [-0.39, 0.29) is 16.9 Å². The molecule has 2 aromatic rings. The van der Waals surface area contributed by atoms with Crippen LogP contribution in [0, 0.1) is 0 Å². The molecule has 29 heavy (non-hydrogen) atoms. The van der Waals surface area contributed by atoms with Crippen molar-refractivity contribution in [2.45, 2.75) is 36.8 Å².